The van der Waals surface area contributed by atoms with Gasteiger partial charge in [-0.15, -0.1) is 24.0 Å². The summed E-state index contributed by atoms with van der Waals surface area (Å²) in [5.74, 6) is 2.29. The van der Waals surface area contributed by atoms with Gasteiger partial charge in [0.15, 0.2) is 5.96 Å². The smallest absolute Gasteiger partial charge is 0.226 e. The van der Waals surface area contributed by atoms with Gasteiger partial charge in [0, 0.05) is 38.4 Å². The molecular formula is C23H29IN6O2. The number of nitrogens with zero attached hydrogens (tertiary/aromatic N) is 4. The quantitative estimate of drug-likeness (QED) is 0.277. The summed E-state index contributed by atoms with van der Waals surface area (Å²) in [5.41, 5.74) is 2.91. The molecule has 0 radical (unpaired) electrons. The fourth-order valence-electron chi connectivity index (χ4n) is 3.45. The Morgan fingerprint density at radius 1 is 1.19 bits per heavy atom. The lowest BCUT2D eigenvalue weighted by Gasteiger charge is -2.32. The zero-order valence-electron chi connectivity index (χ0n) is 18.3. The molecule has 0 amide bonds. The molecule has 1 unspecified atom stereocenters. The summed E-state index contributed by atoms with van der Waals surface area (Å²) >= 11 is 0. The lowest BCUT2D eigenvalue weighted by atomic mass is 10.2. The Labute approximate surface area is 205 Å². The molecule has 3 aromatic rings. The van der Waals surface area contributed by atoms with Crippen LogP contribution in [0, 0.1) is 0 Å². The van der Waals surface area contributed by atoms with Crippen LogP contribution in [0.1, 0.15) is 18.2 Å². The number of aliphatic imine (C=N–C) groups is 1. The van der Waals surface area contributed by atoms with Crippen molar-refractivity contribution in [2.24, 2.45) is 4.99 Å². The monoisotopic (exact) mass is 548 g/mol. The first-order valence-electron chi connectivity index (χ1n) is 10.5. The topological polar surface area (TPSA) is 87.8 Å². The lowest BCUT2D eigenvalue weighted by Crippen LogP contribution is -2.41. The minimum atomic E-state index is 0. The first-order chi connectivity index (χ1) is 15.2. The highest BCUT2D eigenvalue weighted by Gasteiger charge is 2.18. The molecule has 1 aromatic carbocycles. The summed E-state index contributed by atoms with van der Waals surface area (Å²) in [6, 6.07) is 14.0. The minimum absolute atomic E-state index is 0. The summed E-state index contributed by atoms with van der Waals surface area (Å²) < 4.78 is 11.2. The van der Waals surface area contributed by atoms with E-state index in [2.05, 4.69) is 43.5 Å². The third-order valence-corrected chi connectivity index (χ3v) is 5.07. The van der Waals surface area contributed by atoms with Crippen molar-refractivity contribution in [2.75, 3.05) is 31.6 Å². The molecule has 9 heteroatoms. The van der Waals surface area contributed by atoms with E-state index in [4.69, 9.17) is 9.15 Å². The second kappa shape index (κ2) is 11.8. The maximum atomic E-state index is 5.63. The summed E-state index contributed by atoms with van der Waals surface area (Å²) in [7, 11) is 1.75. The predicted octanol–water partition coefficient (Wildman–Crippen LogP) is 3.44. The zero-order valence-corrected chi connectivity index (χ0v) is 20.7. The predicted molar refractivity (Wildman–Crippen MR) is 136 cm³/mol. The molecule has 3 heterocycles. The number of halogens is 1. The van der Waals surface area contributed by atoms with Crippen molar-refractivity contribution in [2.45, 2.75) is 26.1 Å². The molecule has 0 bridgehead atoms. The number of morpholine rings is 1. The van der Waals surface area contributed by atoms with Crippen LogP contribution in [-0.2, 0) is 17.8 Å². The second-order valence-electron chi connectivity index (χ2n) is 7.44. The van der Waals surface area contributed by atoms with Gasteiger partial charge in [0.25, 0.3) is 0 Å². The standard InChI is InChI=1S/C23H28N6O2.HI/c1-17-15-29(10-11-30-17)21-12-18(8-9-25-21)13-26-23(24-2)27-14-20-16-31-22(28-20)19-6-4-3-5-7-19;/h3-9,12,16-17H,10-11,13-15H2,1-2H3,(H2,24,26,27);1H. The van der Waals surface area contributed by atoms with Crippen LogP contribution >= 0.6 is 24.0 Å². The molecule has 1 aliphatic rings. The number of rotatable bonds is 6. The first kappa shape index (κ1) is 24.0. The number of oxazole rings is 1. The molecule has 8 nitrogen and oxygen atoms in total. The van der Waals surface area contributed by atoms with Gasteiger partial charge in [0.2, 0.25) is 5.89 Å². The van der Waals surface area contributed by atoms with E-state index in [-0.39, 0.29) is 30.1 Å². The third-order valence-electron chi connectivity index (χ3n) is 5.07. The molecule has 1 atom stereocenters. The van der Waals surface area contributed by atoms with Gasteiger partial charge in [-0.25, -0.2) is 9.97 Å². The molecule has 1 fully saturated rings. The molecule has 2 aromatic heterocycles. The van der Waals surface area contributed by atoms with Gasteiger partial charge in [-0.05, 0) is 36.8 Å². The molecule has 1 aliphatic heterocycles. The maximum Gasteiger partial charge on any atom is 0.226 e. The summed E-state index contributed by atoms with van der Waals surface area (Å²) in [4.78, 5) is 15.6. The van der Waals surface area contributed by atoms with Crippen molar-refractivity contribution in [1.82, 2.24) is 20.6 Å². The molecule has 0 aliphatic carbocycles. The molecule has 32 heavy (non-hydrogen) atoms. The van der Waals surface area contributed by atoms with E-state index < -0.39 is 0 Å². The highest BCUT2D eigenvalue weighted by Crippen LogP contribution is 2.18. The van der Waals surface area contributed by atoms with Crippen LogP contribution in [0.5, 0.6) is 0 Å². The van der Waals surface area contributed by atoms with E-state index in [1.54, 1.807) is 13.3 Å². The fraction of sp³-hybridized carbons (Fsp3) is 0.348. The Balaban J connectivity index is 0.00000289. The Morgan fingerprint density at radius 3 is 2.78 bits per heavy atom. The van der Waals surface area contributed by atoms with Crippen molar-refractivity contribution < 1.29 is 9.15 Å². The van der Waals surface area contributed by atoms with Gasteiger partial charge in [-0.1, -0.05) is 18.2 Å². The fourth-order valence-corrected chi connectivity index (χ4v) is 3.45. The Hall–Kier alpha value is -2.66. The highest BCUT2D eigenvalue weighted by molar-refractivity contribution is 14.0. The van der Waals surface area contributed by atoms with Gasteiger partial charge in [0.05, 0.1) is 24.9 Å². The third kappa shape index (κ3) is 6.42. The van der Waals surface area contributed by atoms with Crippen LogP contribution in [0.3, 0.4) is 0 Å². The normalized spacial score (nSPS) is 16.4. The first-order valence-corrected chi connectivity index (χ1v) is 10.5. The lowest BCUT2D eigenvalue weighted by molar-refractivity contribution is 0.0529. The Morgan fingerprint density at radius 2 is 2.00 bits per heavy atom. The SMILES string of the molecule is CN=C(NCc1ccnc(N2CCOC(C)C2)c1)NCc1coc(-c2ccccc2)n1.I. The van der Waals surface area contributed by atoms with E-state index >= 15 is 0 Å². The van der Waals surface area contributed by atoms with E-state index in [0.29, 0.717) is 24.9 Å². The maximum absolute atomic E-state index is 5.63. The number of ether oxygens (including phenoxy) is 1. The largest absolute Gasteiger partial charge is 0.444 e. The van der Waals surface area contributed by atoms with Crippen LogP contribution in [0.25, 0.3) is 11.5 Å². The molecule has 2 N–H and O–H groups in total. The number of pyridine rings is 1. The van der Waals surface area contributed by atoms with Crippen molar-refractivity contribution in [3.8, 4) is 11.5 Å². The van der Waals surface area contributed by atoms with Crippen molar-refractivity contribution >= 4 is 35.8 Å². The number of guanidine groups is 1. The Bertz CT molecular complexity index is 1010. The van der Waals surface area contributed by atoms with Gasteiger partial charge in [-0.3, -0.25) is 4.99 Å². The molecule has 4 rings (SSSR count). The highest BCUT2D eigenvalue weighted by atomic mass is 127. The average molecular weight is 548 g/mol. The van der Waals surface area contributed by atoms with E-state index in [1.165, 1.54) is 0 Å². The van der Waals surface area contributed by atoms with Crippen LogP contribution in [-0.4, -0.2) is 48.8 Å². The zero-order chi connectivity index (χ0) is 21.5. The average Bonchev–Trinajstić information content (AvgIpc) is 3.29. The number of anilines is 1. The van der Waals surface area contributed by atoms with Gasteiger partial charge in [-0.2, -0.15) is 0 Å². The number of hydrogen-bond donors (Lipinski definition) is 2. The van der Waals surface area contributed by atoms with Gasteiger partial charge >= 0.3 is 0 Å². The van der Waals surface area contributed by atoms with Gasteiger partial charge < -0.3 is 24.7 Å². The van der Waals surface area contributed by atoms with Crippen LogP contribution in [0.2, 0.25) is 0 Å². The summed E-state index contributed by atoms with van der Waals surface area (Å²) in [6.07, 6.45) is 3.74. The number of hydrogen-bond acceptors (Lipinski definition) is 6. The molecule has 1 saturated heterocycles. The minimum Gasteiger partial charge on any atom is -0.444 e. The molecule has 0 saturated carbocycles. The van der Waals surface area contributed by atoms with Crippen LogP contribution in [0.15, 0.2) is 64.3 Å². The second-order valence-corrected chi connectivity index (χ2v) is 7.44. The van der Waals surface area contributed by atoms with E-state index in [1.807, 2.05) is 42.6 Å². The van der Waals surface area contributed by atoms with Crippen molar-refractivity contribution in [3.63, 3.8) is 0 Å². The molecule has 170 valence electrons. The van der Waals surface area contributed by atoms with Crippen LogP contribution in [0.4, 0.5) is 5.82 Å². The summed E-state index contributed by atoms with van der Waals surface area (Å²) in [5, 5.41) is 6.62. The van der Waals surface area contributed by atoms with E-state index in [0.717, 1.165) is 42.3 Å². The number of aromatic nitrogens is 2. The number of nitrogens with one attached hydrogen (secondary N) is 2. The molecular weight excluding hydrogens is 519 g/mol. The summed E-state index contributed by atoms with van der Waals surface area (Å²) in [6.45, 7) is 5.70. The van der Waals surface area contributed by atoms with Crippen molar-refractivity contribution in [1.29, 1.82) is 0 Å². The van der Waals surface area contributed by atoms with Crippen molar-refractivity contribution in [3.05, 3.63) is 66.2 Å². The van der Waals surface area contributed by atoms with E-state index in [9.17, 15) is 0 Å². The number of benzene rings is 1. The Kier molecular flexibility index (Phi) is 8.86. The molecule has 0 spiro atoms. The van der Waals surface area contributed by atoms with Gasteiger partial charge in [0.1, 0.15) is 12.1 Å². The van der Waals surface area contributed by atoms with Crippen LogP contribution < -0.4 is 15.5 Å².